The summed E-state index contributed by atoms with van der Waals surface area (Å²) in [6.07, 6.45) is 4.30. The van der Waals surface area contributed by atoms with Crippen LogP contribution in [0, 0.1) is 0 Å². The van der Waals surface area contributed by atoms with Crippen LogP contribution < -0.4 is 5.32 Å². The highest BCUT2D eigenvalue weighted by atomic mass is 16.4. The highest BCUT2D eigenvalue weighted by Crippen LogP contribution is 2.08. The van der Waals surface area contributed by atoms with E-state index in [4.69, 9.17) is 5.11 Å². The Morgan fingerprint density at radius 1 is 1.41 bits per heavy atom. The number of carboxylic acids is 1. The van der Waals surface area contributed by atoms with Gasteiger partial charge in [0.05, 0.1) is 0 Å². The Labute approximate surface area is 98.6 Å². The van der Waals surface area contributed by atoms with Crippen LogP contribution in [0.5, 0.6) is 0 Å². The summed E-state index contributed by atoms with van der Waals surface area (Å²) in [5.41, 5.74) is 1.07. The van der Waals surface area contributed by atoms with Crippen LogP contribution in [-0.4, -0.2) is 41.0 Å². The summed E-state index contributed by atoms with van der Waals surface area (Å²) < 4.78 is 0. The van der Waals surface area contributed by atoms with Crippen LogP contribution in [0.15, 0.2) is 23.8 Å². The fourth-order valence-corrected chi connectivity index (χ4v) is 1.46. The van der Waals surface area contributed by atoms with Gasteiger partial charge < -0.3 is 10.0 Å². The summed E-state index contributed by atoms with van der Waals surface area (Å²) in [6.45, 7) is 2.95. The molecule has 0 aromatic carbocycles. The molecule has 6 heteroatoms. The van der Waals surface area contributed by atoms with E-state index in [2.05, 4.69) is 5.32 Å². The van der Waals surface area contributed by atoms with Gasteiger partial charge in [-0.1, -0.05) is 11.6 Å². The normalized spacial score (nSPS) is 15.6. The van der Waals surface area contributed by atoms with Crippen molar-refractivity contribution in [2.45, 2.75) is 13.3 Å². The van der Waals surface area contributed by atoms with Crippen LogP contribution in [0.2, 0.25) is 0 Å². The lowest BCUT2D eigenvalue weighted by Gasteiger charge is -2.25. The molecule has 92 valence electrons. The Bertz CT molecular complexity index is 398. The number of carbonyl (C=O) groups is 3. The monoisotopic (exact) mass is 238 g/mol. The Morgan fingerprint density at radius 2 is 2.12 bits per heavy atom. The van der Waals surface area contributed by atoms with E-state index in [1.54, 1.807) is 0 Å². The summed E-state index contributed by atoms with van der Waals surface area (Å²) in [4.78, 5) is 34.4. The molecule has 1 aliphatic heterocycles. The van der Waals surface area contributed by atoms with Gasteiger partial charge in [-0.2, -0.15) is 0 Å². The average Bonchev–Trinajstić information content (AvgIpc) is 2.26. The third-order valence-electron chi connectivity index (χ3n) is 2.23. The molecular weight excluding hydrogens is 224 g/mol. The van der Waals surface area contributed by atoms with Crippen LogP contribution >= 0.6 is 0 Å². The number of carboxylic acid groups (broad SMARTS) is 1. The SMILES string of the molecule is CC1=CCCN(C(=O)NC(=O)/C=C/C(=O)O)C1. The quantitative estimate of drug-likeness (QED) is 0.542. The van der Waals surface area contributed by atoms with E-state index in [1.165, 1.54) is 4.90 Å². The fraction of sp³-hybridized carbons (Fsp3) is 0.364. The molecular formula is C11H14N2O4. The molecule has 1 heterocycles. The lowest BCUT2D eigenvalue weighted by molar-refractivity contribution is -0.131. The molecule has 0 saturated carbocycles. The Kier molecular flexibility index (Phi) is 4.45. The number of hydrogen-bond acceptors (Lipinski definition) is 3. The van der Waals surface area contributed by atoms with Gasteiger partial charge in [0.2, 0.25) is 0 Å². The molecule has 3 amide bonds. The predicted octanol–water partition coefficient (Wildman–Crippen LogP) is 0.515. The third kappa shape index (κ3) is 4.50. The summed E-state index contributed by atoms with van der Waals surface area (Å²) in [5, 5.41) is 10.4. The number of aliphatic carboxylic acids is 1. The summed E-state index contributed by atoms with van der Waals surface area (Å²) in [7, 11) is 0. The van der Waals surface area contributed by atoms with Crippen molar-refractivity contribution in [2.24, 2.45) is 0 Å². The van der Waals surface area contributed by atoms with Gasteiger partial charge in [-0.25, -0.2) is 9.59 Å². The summed E-state index contributed by atoms with van der Waals surface area (Å²) in [5.74, 6) is -1.96. The number of nitrogens with one attached hydrogen (secondary N) is 1. The number of amides is 3. The lowest BCUT2D eigenvalue weighted by atomic mass is 10.1. The maximum Gasteiger partial charge on any atom is 0.328 e. The fourth-order valence-electron chi connectivity index (χ4n) is 1.46. The molecule has 17 heavy (non-hydrogen) atoms. The number of carbonyl (C=O) groups excluding carboxylic acids is 2. The summed E-state index contributed by atoms with van der Waals surface area (Å²) >= 11 is 0. The van der Waals surface area contributed by atoms with Crippen LogP contribution in [0.4, 0.5) is 4.79 Å². The van der Waals surface area contributed by atoms with Gasteiger partial charge >= 0.3 is 12.0 Å². The summed E-state index contributed by atoms with van der Waals surface area (Å²) in [6, 6.07) is -0.502. The first-order valence-corrected chi connectivity index (χ1v) is 5.15. The molecule has 0 radical (unpaired) electrons. The molecule has 0 saturated heterocycles. The smallest absolute Gasteiger partial charge is 0.328 e. The van der Waals surface area contributed by atoms with Gasteiger partial charge in [0.15, 0.2) is 0 Å². The van der Waals surface area contributed by atoms with Crippen molar-refractivity contribution in [1.29, 1.82) is 0 Å². The van der Waals surface area contributed by atoms with Gasteiger partial charge in [0.25, 0.3) is 5.91 Å². The number of hydrogen-bond donors (Lipinski definition) is 2. The molecule has 0 aromatic rings. The molecule has 2 N–H and O–H groups in total. The van der Waals surface area contributed by atoms with Crippen molar-refractivity contribution in [3.05, 3.63) is 23.8 Å². The first-order chi connectivity index (χ1) is 7.99. The van der Waals surface area contributed by atoms with Gasteiger partial charge in [0, 0.05) is 25.2 Å². The Hall–Kier alpha value is -2.11. The van der Waals surface area contributed by atoms with Gasteiger partial charge in [0.1, 0.15) is 0 Å². The molecule has 0 atom stereocenters. The van der Waals surface area contributed by atoms with Crippen LogP contribution in [0.1, 0.15) is 13.3 Å². The zero-order valence-corrected chi connectivity index (χ0v) is 9.47. The van der Waals surface area contributed by atoms with E-state index in [0.29, 0.717) is 19.2 Å². The predicted molar refractivity (Wildman–Crippen MR) is 60.3 cm³/mol. The largest absolute Gasteiger partial charge is 0.478 e. The minimum Gasteiger partial charge on any atom is -0.478 e. The standard InChI is InChI=1S/C11H14N2O4/c1-8-3-2-6-13(7-8)11(17)12-9(14)4-5-10(15)16/h3-5H,2,6-7H2,1H3,(H,15,16)(H,12,14,17)/b5-4+. The molecule has 0 fully saturated rings. The van der Waals surface area contributed by atoms with E-state index in [0.717, 1.165) is 18.1 Å². The maximum atomic E-state index is 11.6. The molecule has 0 unspecified atom stereocenters. The lowest BCUT2D eigenvalue weighted by Crippen LogP contribution is -2.44. The van der Waals surface area contributed by atoms with E-state index >= 15 is 0 Å². The van der Waals surface area contributed by atoms with Gasteiger partial charge in [-0.15, -0.1) is 0 Å². The molecule has 0 aliphatic carbocycles. The second-order valence-corrected chi connectivity index (χ2v) is 3.73. The van der Waals surface area contributed by atoms with Gasteiger partial charge in [-0.3, -0.25) is 10.1 Å². The number of urea groups is 1. The number of nitrogens with zero attached hydrogens (tertiary/aromatic N) is 1. The number of rotatable bonds is 2. The van der Waals surface area contributed by atoms with E-state index in [-0.39, 0.29) is 0 Å². The third-order valence-corrected chi connectivity index (χ3v) is 2.23. The van der Waals surface area contributed by atoms with Crippen LogP contribution in [0.3, 0.4) is 0 Å². The van der Waals surface area contributed by atoms with Crippen molar-refractivity contribution >= 4 is 17.9 Å². The van der Waals surface area contributed by atoms with Crippen molar-refractivity contribution in [3.8, 4) is 0 Å². The Morgan fingerprint density at radius 3 is 2.71 bits per heavy atom. The number of imide groups is 1. The van der Waals surface area contributed by atoms with Crippen molar-refractivity contribution in [2.75, 3.05) is 13.1 Å². The van der Waals surface area contributed by atoms with Crippen LogP contribution in [-0.2, 0) is 9.59 Å². The van der Waals surface area contributed by atoms with Crippen LogP contribution in [0.25, 0.3) is 0 Å². The van der Waals surface area contributed by atoms with E-state index in [9.17, 15) is 14.4 Å². The molecule has 6 nitrogen and oxygen atoms in total. The van der Waals surface area contributed by atoms with Crippen molar-refractivity contribution < 1.29 is 19.5 Å². The highest BCUT2D eigenvalue weighted by Gasteiger charge is 2.17. The van der Waals surface area contributed by atoms with Crippen molar-refractivity contribution in [3.63, 3.8) is 0 Å². The molecule has 1 aliphatic rings. The highest BCUT2D eigenvalue weighted by molar-refractivity contribution is 6.02. The molecule has 1 rings (SSSR count). The molecule has 0 aromatic heterocycles. The molecule has 0 bridgehead atoms. The second-order valence-electron chi connectivity index (χ2n) is 3.73. The van der Waals surface area contributed by atoms with E-state index < -0.39 is 17.9 Å². The minimum atomic E-state index is -1.23. The first kappa shape index (κ1) is 13.0. The average molecular weight is 238 g/mol. The zero-order valence-electron chi connectivity index (χ0n) is 9.47. The minimum absolute atomic E-state index is 0.488. The second kappa shape index (κ2) is 5.83. The van der Waals surface area contributed by atoms with Crippen molar-refractivity contribution in [1.82, 2.24) is 10.2 Å². The topological polar surface area (TPSA) is 86.7 Å². The zero-order chi connectivity index (χ0) is 12.8. The molecule has 0 spiro atoms. The maximum absolute atomic E-state index is 11.6. The Balaban J connectivity index is 2.47. The first-order valence-electron chi connectivity index (χ1n) is 5.15. The van der Waals surface area contributed by atoms with E-state index in [1.807, 2.05) is 13.0 Å². The van der Waals surface area contributed by atoms with Gasteiger partial charge in [-0.05, 0) is 13.3 Å².